The van der Waals surface area contributed by atoms with Crippen LogP contribution in [-0.4, -0.2) is 42.5 Å². The van der Waals surface area contributed by atoms with Crippen molar-refractivity contribution in [2.45, 2.75) is 6.42 Å². The van der Waals surface area contributed by atoms with E-state index in [1.807, 2.05) is 24.4 Å². The SMILES string of the molecule is COc1ccc2[nH]cc(CCNC(=O)C(=O)Nc3ccc(OC)nc3)c2c1. The lowest BCUT2D eigenvalue weighted by Gasteiger charge is -2.07. The zero-order valence-electron chi connectivity index (χ0n) is 15.0. The quantitative estimate of drug-likeness (QED) is 0.576. The highest BCUT2D eigenvalue weighted by Gasteiger charge is 2.14. The fourth-order valence-electron chi connectivity index (χ4n) is 2.65. The minimum absolute atomic E-state index is 0.331. The van der Waals surface area contributed by atoms with E-state index in [2.05, 4.69) is 20.6 Å². The van der Waals surface area contributed by atoms with Gasteiger partial charge in [0.25, 0.3) is 0 Å². The molecular formula is C19H20N4O4. The topological polar surface area (TPSA) is 105 Å². The second-order valence-corrected chi connectivity index (χ2v) is 5.77. The average Bonchev–Trinajstić information content (AvgIpc) is 3.10. The van der Waals surface area contributed by atoms with Gasteiger partial charge in [0.05, 0.1) is 26.1 Å². The first-order valence-electron chi connectivity index (χ1n) is 8.34. The molecule has 0 fully saturated rings. The van der Waals surface area contributed by atoms with Gasteiger partial charge < -0.3 is 25.1 Å². The maximum absolute atomic E-state index is 12.0. The minimum atomic E-state index is -0.748. The molecule has 0 radical (unpaired) electrons. The number of anilines is 1. The summed E-state index contributed by atoms with van der Waals surface area (Å²) in [5.41, 5.74) is 2.44. The van der Waals surface area contributed by atoms with Gasteiger partial charge >= 0.3 is 11.8 Å². The van der Waals surface area contributed by atoms with E-state index in [0.29, 0.717) is 24.5 Å². The first kappa shape index (κ1) is 18.2. The largest absolute Gasteiger partial charge is 0.497 e. The molecule has 0 spiro atoms. The van der Waals surface area contributed by atoms with Crippen molar-refractivity contribution in [3.63, 3.8) is 0 Å². The van der Waals surface area contributed by atoms with Gasteiger partial charge in [-0.05, 0) is 36.2 Å². The lowest BCUT2D eigenvalue weighted by Crippen LogP contribution is -2.36. The predicted molar refractivity (Wildman–Crippen MR) is 101 cm³/mol. The zero-order valence-corrected chi connectivity index (χ0v) is 15.0. The van der Waals surface area contributed by atoms with Crippen molar-refractivity contribution < 1.29 is 19.1 Å². The molecule has 2 amide bonds. The molecule has 2 heterocycles. The summed E-state index contributed by atoms with van der Waals surface area (Å²) in [4.78, 5) is 31.1. The number of hydrogen-bond donors (Lipinski definition) is 3. The summed E-state index contributed by atoms with van der Waals surface area (Å²) < 4.78 is 10.2. The number of nitrogens with one attached hydrogen (secondary N) is 3. The van der Waals surface area contributed by atoms with E-state index in [1.165, 1.54) is 13.3 Å². The molecule has 140 valence electrons. The van der Waals surface area contributed by atoms with Gasteiger partial charge in [0, 0.05) is 29.7 Å². The first-order chi connectivity index (χ1) is 13.1. The maximum atomic E-state index is 12.0. The van der Waals surface area contributed by atoms with E-state index in [4.69, 9.17) is 9.47 Å². The number of carbonyl (C=O) groups is 2. The van der Waals surface area contributed by atoms with Crippen LogP contribution in [-0.2, 0) is 16.0 Å². The van der Waals surface area contributed by atoms with Crippen molar-refractivity contribution in [1.29, 1.82) is 0 Å². The maximum Gasteiger partial charge on any atom is 0.313 e. The Morgan fingerprint density at radius 2 is 1.96 bits per heavy atom. The Labute approximate surface area is 155 Å². The van der Waals surface area contributed by atoms with Crippen molar-refractivity contribution in [1.82, 2.24) is 15.3 Å². The van der Waals surface area contributed by atoms with Gasteiger partial charge in [0.1, 0.15) is 5.75 Å². The third kappa shape index (κ3) is 4.35. The number of carbonyl (C=O) groups excluding carboxylic acids is 2. The summed E-state index contributed by atoms with van der Waals surface area (Å²) in [6, 6.07) is 8.96. The van der Waals surface area contributed by atoms with Gasteiger partial charge in [-0.2, -0.15) is 0 Å². The van der Waals surface area contributed by atoms with Gasteiger partial charge in [-0.25, -0.2) is 4.98 Å². The molecule has 8 heteroatoms. The Morgan fingerprint density at radius 3 is 2.67 bits per heavy atom. The predicted octanol–water partition coefficient (Wildman–Crippen LogP) is 1.88. The van der Waals surface area contributed by atoms with Gasteiger partial charge in [-0.1, -0.05) is 0 Å². The number of nitrogens with zero attached hydrogens (tertiary/aromatic N) is 1. The Bertz CT molecular complexity index is 950. The third-order valence-electron chi connectivity index (χ3n) is 4.06. The molecule has 0 atom stereocenters. The molecular weight excluding hydrogens is 348 g/mol. The molecule has 0 aliphatic heterocycles. The van der Waals surface area contributed by atoms with Crippen LogP contribution >= 0.6 is 0 Å². The number of methoxy groups -OCH3 is 2. The van der Waals surface area contributed by atoms with E-state index in [1.54, 1.807) is 19.2 Å². The Kier molecular flexibility index (Phi) is 5.55. The van der Waals surface area contributed by atoms with E-state index in [-0.39, 0.29) is 0 Å². The van der Waals surface area contributed by atoms with Crippen LogP contribution in [0.2, 0.25) is 0 Å². The number of H-pyrrole nitrogens is 1. The molecule has 8 nitrogen and oxygen atoms in total. The minimum Gasteiger partial charge on any atom is -0.497 e. The van der Waals surface area contributed by atoms with E-state index in [9.17, 15) is 9.59 Å². The van der Waals surface area contributed by atoms with Gasteiger partial charge in [-0.3, -0.25) is 9.59 Å². The third-order valence-corrected chi connectivity index (χ3v) is 4.06. The normalized spacial score (nSPS) is 10.4. The second-order valence-electron chi connectivity index (χ2n) is 5.77. The molecule has 3 rings (SSSR count). The Hall–Kier alpha value is -3.55. The van der Waals surface area contributed by atoms with Crippen LogP contribution in [0, 0.1) is 0 Å². The number of aromatic amines is 1. The van der Waals surface area contributed by atoms with Gasteiger partial charge in [0.15, 0.2) is 0 Å². The first-order valence-corrected chi connectivity index (χ1v) is 8.34. The fraction of sp³-hybridized carbons (Fsp3) is 0.211. The van der Waals surface area contributed by atoms with Crippen molar-refractivity contribution in [2.24, 2.45) is 0 Å². The molecule has 3 N–H and O–H groups in total. The fourth-order valence-corrected chi connectivity index (χ4v) is 2.65. The molecule has 0 saturated carbocycles. The number of fused-ring (bicyclic) bond motifs is 1. The van der Waals surface area contributed by atoms with Crippen LogP contribution in [0.25, 0.3) is 10.9 Å². The number of benzene rings is 1. The molecule has 2 aromatic heterocycles. The van der Waals surface area contributed by atoms with Crippen LogP contribution in [0.3, 0.4) is 0 Å². The molecule has 0 saturated heterocycles. The lowest BCUT2D eigenvalue weighted by atomic mass is 10.1. The number of pyridine rings is 1. The molecule has 0 aliphatic rings. The summed E-state index contributed by atoms with van der Waals surface area (Å²) in [6.07, 6.45) is 3.89. The molecule has 0 unspecified atom stereocenters. The smallest absolute Gasteiger partial charge is 0.313 e. The van der Waals surface area contributed by atoms with Gasteiger partial charge in [0.2, 0.25) is 5.88 Å². The van der Waals surface area contributed by atoms with Crippen LogP contribution in [0.4, 0.5) is 5.69 Å². The lowest BCUT2D eigenvalue weighted by molar-refractivity contribution is -0.136. The monoisotopic (exact) mass is 368 g/mol. The van der Waals surface area contributed by atoms with Crippen LogP contribution in [0.15, 0.2) is 42.7 Å². The number of rotatable bonds is 6. The molecule has 1 aromatic carbocycles. The van der Waals surface area contributed by atoms with E-state index >= 15 is 0 Å². The zero-order chi connectivity index (χ0) is 19.2. The summed E-state index contributed by atoms with van der Waals surface area (Å²) in [5, 5.41) is 6.13. The summed E-state index contributed by atoms with van der Waals surface area (Å²) in [5.74, 6) is -0.265. The van der Waals surface area contributed by atoms with E-state index in [0.717, 1.165) is 22.2 Å². The summed E-state index contributed by atoms with van der Waals surface area (Å²) in [6.45, 7) is 0.331. The van der Waals surface area contributed by atoms with Crippen LogP contribution in [0.1, 0.15) is 5.56 Å². The number of ether oxygens (including phenoxy) is 2. The summed E-state index contributed by atoms with van der Waals surface area (Å²) >= 11 is 0. The Balaban J connectivity index is 1.53. The number of hydrogen-bond acceptors (Lipinski definition) is 5. The molecule has 27 heavy (non-hydrogen) atoms. The molecule has 0 aliphatic carbocycles. The van der Waals surface area contributed by atoms with Crippen molar-refractivity contribution in [2.75, 3.05) is 26.1 Å². The average molecular weight is 368 g/mol. The Morgan fingerprint density at radius 1 is 1.11 bits per heavy atom. The second kappa shape index (κ2) is 8.22. The van der Waals surface area contributed by atoms with E-state index < -0.39 is 11.8 Å². The van der Waals surface area contributed by atoms with Crippen LogP contribution < -0.4 is 20.1 Å². The van der Waals surface area contributed by atoms with Gasteiger partial charge in [-0.15, -0.1) is 0 Å². The van der Waals surface area contributed by atoms with Crippen LogP contribution in [0.5, 0.6) is 11.6 Å². The summed E-state index contributed by atoms with van der Waals surface area (Å²) in [7, 11) is 3.11. The van der Waals surface area contributed by atoms with Crippen molar-refractivity contribution in [3.05, 3.63) is 48.3 Å². The van der Waals surface area contributed by atoms with Crippen molar-refractivity contribution in [3.8, 4) is 11.6 Å². The highest BCUT2D eigenvalue weighted by Crippen LogP contribution is 2.23. The highest BCUT2D eigenvalue weighted by molar-refractivity contribution is 6.39. The standard InChI is InChI=1S/C19H20N4O4/c1-26-14-4-5-16-15(9-14)12(10-21-16)7-8-20-18(24)19(25)23-13-3-6-17(27-2)22-11-13/h3-6,9-11,21H,7-8H2,1-2H3,(H,20,24)(H,23,25). The number of amides is 2. The highest BCUT2D eigenvalue weighted by atomic mass is 16.5. The van der Waals surface area contributed by atoms with Crippen molar-refractivity contribution >= 4 is 28.4 Å². The number of aromatic nitrogens is 2. The molecule has 3 aromatic rings. The molecule has 0 bridgehead atoms.